The van der Waals surface area contributed by atoms with E-state index in [9.17, 15) is 9.59 Å². The van der Waals surface area contributed by atoms with E-state index in [2.05, 4.69) is 11.9 Å². The summed E-state index contributed by atoms with van der Waals surface area (Å²) in [5, 5.41) is 0.623. The molecule has 2 saturated heterocycles. The molecule has 0 aromatic heterocycles. The van der Waals surface area contributed by atoms with Crippen LogP contribution in [0.1, 0.15) is 29.6 Å². The molecule has 0 bridgehead atoms. The first-order valence-electron chi connectivity index (χ1n) is 11.6. The molecule has 2 aromatic carbocycles. The van der Waals surface area contributed by atoms with Gasteiger partial charge in [-0.15, -0.1) is 0 Å². The van der Waals surface area contributed by atoms with E-state index in [1.165, 1.54) is 0 Å². The minimum atomic E-state index is -0.309. The lowest BCUT2D eigenvalue weighted by Gasteiger charge is -2.42. The Morgan fingerprint density at radius 2 is 1.61 bits per heavy atom. The fraction of sp³-hybridized carbons (Fsp3) is 0.462. The topological polar surface area (TPSA) is 53.1 Å². The van der Waals surface area contributed by atoms with Crippen LogP contribution in [0.3, 0.4) is 0 Å². The minimum absolute atomic E-state index is 0.0466. The molecular formula is C26H32ClN3O3. The Balaban J connectivity index is 1.44. The Hall–Kier alpha value is -2.57. The Bertz CT molecular complexity index is 952. The predicted molar refractivity (Wildman–Crippen MR) is 130 cm³/mol. The largest absolute Gasteiger partial charge is 0.493 e. The third-order valence-electron chi connectivity index (χ3n) is 6.86. The van der Waals surface area contributed by atoms with Crippen molar-refractivity contribution in [1.82, 2.24) is 14.7 Å². The molecule has 7 heteroatoms. The third kappa shape index (κ3) is 6.06. The number of nitrogens with zero attached hydrogens (tertiary/aromatic N) is 3. The van der Waals surface area contributed by atoms with E-state index in [0.717, 1.165) is 39.0 Å². The van der Waals surface area contributed by atoms with E-state index in [1.807, 2.05) is 58.3 Å². The number of hydrogen-bond acceptors (Lipinski definition) is 4. The molecule has 2 heterocycles. The fourth-order valence-electron chi connectivity index (χ4n) is 4.60. The molecule has 0 saturated carbocycles. The van der Waals surface area contributed by atoms with Crippen LogP contribution in [0.4, 0.5) is 0 Å². The number of ether oxygens (including phenoxy) is 1. The predicted octanol–water partition coefficient (Wildman–Crippen LogP) is 3.81. The van der Waals surface area contributed by atoms with Gasteiger partial charge in [0.2, 0.25) is 5.91 Å². The van der Waals surface area contributed by atoms with E-state index >= 15 is 0 Å². The second kappa shape index (κ2) is 10.6. The molecule has 4 rings (SSSR count). The molecule has 0 atom stereocenters. The maximum atomic E-state index is 13.2. The maximum absolute atomic E-state index is 13.2. The van der Waals surface area contributed by atoms with Crippen molar-refractivity contribution in [3.8, 4) is 5.75 Å². The summed E-state index contributed by atoms with van der Waals surface area (Å²) < 4.78 is 6.15. The summed E-state index contributed by atoms with van der Waals surface area (Å²) in [7, 11) is 2.08. The normalized spacial score (nSPS) is 18.7. The first-order chi connectivity index (χ1) is 15.9. The van der Waals surface area contributed by atoms with Gasteiger partial charge in [0.25, 0.3) is 5.91 Å². The van der Waals surface area contributed by atoms with Crippen molar-refractivity contribution < 1.29 is 14.3 Å². The van der Waals surface area contributed by atoms with Gasteiger partial charge in [0.15, 0.2) is 0 Å². The SMILES string of the molecule is CN1CCN(C(=O)CC2(COc3cccc(Cl)c3)CCN(C(=O)c3ccccc3)CC2)CC1. The number of piperidine rings is 1. The first kappa shape index (κ1) is 23.6. The molecule has 0 N–H and O–H groups in total. The summed E-state index contributed by atoms with van der Waals surface area (Å²) in [4.78, 5) is 32.3. The molecule has 0 aliphatic carbocycles. The summed E-state index contributed by atoms with van der Waals surface area (Å²) in [5.41, 5.74) is 0.393. The van der Waals surface area contributed by atoms with Crippen LogP contribution < -0.4 is 4.74 Å². The minimum Gasteiger partial charge on any atom is -0.493 e. The van der Waals surface area contributed by atoms with Crippen molar-refractivity contribution in [1.29, 1.82) is 0 Å². The highest BCUT2D eigenvalue weighted by molar-refractivity contribution is 6.30. The van der Waals surface area contributed by atoms with Crippen molar-refractivity contribution >= 4 is 23.4 Å². The van der Waals surface area contributed by atoms with E-state index in [1.54, 1.807) is 6.07 Å². The van der Waals surface area contributed by atoms with Crippen LogP contribution in [0.25, 0.3) is 0 Å². The Morgan fingerprint density at radius 1 is 0.909 bits per heavy atom. The number of halogens is 1. The quantitative estimate of drug-likeness (QED) is 0.645. The van der Waals surface area contributed by atoms with Crippen molar-refractivity contribution in [2.75, 3.05) is 52.9 Å². The van der Waals surface area contributed by atoms with Crippen molar-refractivity contribution in [2.24, 2.45) is 5.41 Å². The van der Waals surface area contributed by atoms with Crippen LogP contribution in [-0.2, 0) is 4.79 Å². The van der Waals surface area contributed by atoms with E-state index in [0.29, 0.717) is 42.5 Å². The van der Waals surface area contributed by atoms with Gasteiger partial charge in [-0.2, -0.15) is 0 Å². The number of hydrogen-bond donors (Lipinski definition) is 0. The summed E-state index contributed by atoms with van der Waals surface area (Å²) in [6, 6.07) is 16.7. The zero-order valence-electron chi connectivity index (χ0n) is 19.2. The Labute approximate surface area is 201 Å². The van der Waals surface area contributed by atoms with Crippen molar-refractivity contribution in [3.05, 3.63) is 65.2 Å². The smallest absolute Gasteiger partial charge is 0.253 e. The number of carbonyl (C=O) groups is 2. The molecule has 2 amide bonds. The number of piperazine rings is 1. The number of amides is 2. The molecule has 2 aliphatic rings. The molecule has 2 aliphatic heterocycles. The molecule has 33 heavy (non-hydrogen) atoms. The van der Waals surface area contributed by atoms with Crippen LogP contribution in [-0.4, -0.2) is 79.4 Å². The van der Waals surface area contributed by atoms with Gasteiger partial charge in [0, 0.05) is 61.7 Å². The highest BCUT2D eigenvalue weighted by Crippen LogP contribution is 2.37. The second-order valence-corrected chi connectivity index (χ2v) is 9.70. The third-order valence-corrected chi connectivity index (χ3v) is 7.09. The summed E-state index contributed by atoms with van der Waals surface area (Å²) in [6.07, 6.45) is 1.89. The van der Waals surface area contributed by atoms with Gasteiger partial charge in [0.1, 0.15) is 5.75 Å². The molecule has 0 unspecified atom stereocenters. The summed E-state index contributed by atoms with van der Waals surface area (Å²) in [6.45, 7) is 4.98. The van der Waals surface area contributed by atoms with Crippen LogP contribution in [0, 0.1) is 5.41 Å². The average Bonchev–Trinajstić information content (AvgIpc) is 2.84. The summed E-state index contributed by atoms with van der Waals surface area (Å²) >= 11 is 6.12. The van der Waals surface area contributed by atoms with E-state index in [-0.39, 0.29) is 17.2 Å². The molecule has 6 nitrogen and oxygen atoms in total. The standard InChI is InChI=1S/C26H32ClN3O3/c1-28-14-16-29(17-15-28)24(31)19-26(20-33-23-9-5-8-22(27)18-23)10-12-30(13-11-26)25(32)21-6-3-2-4-7-21/h2-9,18H,10-17,19-20H2,1H3. The molecule has 2 fully saturated rings. The highest BCUT2D eigenvalue weighted by Gasteiger charge is 2.40. The highest BCUT2D eigenvalue weighted by atomic mass is 35.5. The lowest BCUT2D eigenvalue weighted by atomic mass is 9.75. The lowest BCUT2D eigenvalue weighted by Crippen LogP contribution is -2.51. The van der Waals surface area contributed by atoms with Gasteiger partial charge in [-0.3, -0.25) is 9.59 Å². The van der Waals surface area contributed by atoms with Crippen molar-refractivity contribution in [3.63, 3.8) is 0 Å². The van der Waals surface area contributed by atoms with Gasteiger partial charge < -0.3 is 19.4 Å². The Kier molecular flexibility index (Phi) is 7.56. The van der Waals surface area contributed by atoms with Gasteiger partial charge in [-0.25, -0.2) is 0 Å². The first-order valence-corrected chi connectivity index (χ1v) is 12.0. The number of rotatable bonds is 6. The monoisotopic (exact) mass is 469 g/mol. The second-order valence-electron chi connectivity index (χ2n) is 9.27. The number of likely N-dealkylation sites (tertiary alicyclic amines) is 1. The average molecular weight is 470 g/mol. The molecular weight excluding hydrogens is 438 g/mol. The molecule has 176 valence electrons. The molecule has 0 spiro atoms. The fourth-order valence-corrected chi connectivity index (χ4v) is 4.78. The zero-order chi connectivity index (χ0) is 23.3. The van der Waals surface area contributed by atoms with Gasteiger partial charge in [-0.05, 0) is 50.2 Å². The van der Waals surface area contributed by atoms with Crippen LogP contribution in [0.2, 0.25) is 5.02 Å². The summed E-state index contributed by atoms with van der Waals surface area (Å²) in [5.74, 6) is 0.933. The van der Waals surface area contributed by atoms with Crippen LogP contribution >= 0.6 is 11.6 Å². The lowest BCUT2D eigenvalue weighted by molar-refractivity contribution is -0.136. The Morgan fingerprint density at radius 3 is 2.27 bits per heavy atom. The number of carbonyl (C=O) groups excluding carboxylic acids is 2. The molecule has 2 aromatic rings. The van der Waals surface area contributed by atoms with Gasteiger partial charge in [-0.1, -0.05) is 35.9 Å². The van der Waals surface area contributed by atoms with E-state index < -0.39 is 0 Å². The van der Waals surface area contributed by atoms with Gasteiger partial charge >= 0.3 is 0 Å². The van der Waals surface area contributed by atoms with E-state index in [4.69, 9.17) is 16.3 Å². The number of benzene rings is 2. The maximum Gasteiger partial charge on any atom is 0.253 e. The van der Waals surface area contributed by atoms with Gasteiger partial charge in [0.05, 0.1) is 6.61 Å². The number of likely N-dealkylation sites (N-methyl/N-ethyl adjacent to an activating group) is 1. The van der Waals surface area contributed by atoms with Crippen molar-refractivity contribution in [2.45, 2.75) is 19.3 Å². The van der Waals surface area contributed by atoms with Crippen LogP contribution in [0.15, 0.2) is 54.6 Å². The zero-order valence-corrected chi connectivity index (χ0v) is 20.0. The molecule has 0 radical (unpaired) electrons. The van der Waals surface area contributed by atoms with Crippen LogP contribution in [0.5, 0.6) is 5.75 Å².